The summed E-state index contributed by atoms with van der Waals surface area (Å²) in [5, 5.41) is 14.1. The van der Waals surface area contributed by atoms with Gasteiger partial charge in [-0.25, -0.2) is 0 Å². The molecule has 5 heteroatoms. The molecule has 0 bridgehead atoms. The first kappa shape index (κ1) is 13.7. The standard InChI is InChI=1S/C13H24N4S/c1-4-7-17-8-5-6-11(9-17)14-13-16-15-12(18-13)10(2)3/h10-11H,4-9H2,1-3H3,(H,14,16)/t11-/m1/s1. The fourth-order valence-electron chi connectivity index (χ4n) is 2.39. The summed E-state index contributed by atoms with van der Waals surface area (Å²) in [6, 6.07) is 0.540. The molecule has 1 aromatic rings. The van der Waals surface area contributed by atoms with Gasteiger partial charge < -0.3 is 10.2 Å². The lowest BCUT2D eigenvalue weighted by Gasteiger charge is -2.32. The lowest BCUT2D eigenvalue weighted by Crippen LogP contribution is -2.42. The zero-order chi connectivity index (χ0) is 13.0. The molecule has 1 aliphatic rings. The second-order valence-corrected chi connectivity index (χ2v) is 6.39. The first-order valence-corrected chi connectivity index (χ1v) is 7.83. The average Bonchev–Trinajstić information content (AvgIpc) is 2.78. The number of nitrogens with one attached hydrogen (secondary N) is 1. The van der Waals surface area contributed by atoms with Crippen molar-refractivity contribution in [3.8, 4) is 0 Å². The second-order valence-electron chi connectivity index (χ2n) is 5.38. The van der Waals surface area contributed by atoms with Crippen LogP contribution in [0.5, 0.6) is 0 Å². The Morgan fingerprint density at radius 1 is 1.44 bits per heavy atom. The smallest absolute Gasteiger partial charge is 0.205 e. The predicted molar refractivity (Wildman–Crippen MR) is 77.4 cm³/mol. The molecule has 1 aliphatic heterocycles. The summed E-state index contributed by atoms with van der Waals surface area (Å²) < 4.78 is 0. The Morgan fingerprint density at radius 2 is 2.28 bits per heavy atom. The molecular weight excluding hydrogens is 244 g/mol. The molecule has 2 heterocycles. The van der Waals surface area contributed by atoms with Gasteiger partial charge in [-0.2, -0.15) is 0 Å². The van der Waals surface area contributed by atoms with E-state index in [1.165, 1.54) is 32.4 Å². The molecule has 1 saturated heterocycles. The minimum Gasteiger partial charge on any atom is -0.356 e. The van der Waals surface area contributed by atoms with Crippen LogP contribution < -0.4 is 5.32 Å². The molecule has 1 atom stereocenters. The van der Waals surface area contributed by atoms with Crippen LogP contribution in [0.25, 0.3) is 0 Å². The normalized spacial score (nSPS) is 21.4. The number of aromatic nitrogens is 2. The van der Waals surface area contributed by atoms with Crippen LogP contribution in [0.1, 0.15) is 51.0 Å². The van der Waals surface area contributed by atoms with Gasteiger partial charge in [0.15, 0.2) is 0 Å². The Morgan fingerprint density at radius 3 is 2.94 bits per heavy atom. The van der Waals surface area contributed by atoms with Gasteiger partial charge >= 0.3 is 0 Å². The van der Waals surface area contributed by atoms with Crippen LogP contribution in [-0.2, 0) is 0 Å². The van der Waals surface area contributed by atoms with Gasteiger partial charge in [0.1, 0.15) is 5.01 Å². The lowest BCUT2D eigenvalue weighted by molar-refractivity contribution is 0.217. The van der Waals surface area contributed by atoms with Crippen LogP contribution in [0.15, 0.2) is 0 Å². The van der Waals surface area contributed by atoms with Crippen molar-refractivity contribution in [2.45, 2.75) is 52.0 Å². The highest BCUT2D eigenvalue weighted by atomic mass is 32.1. The van der Waals surface area contributed by atoms with E-state index >= 15 is 0 Å². The summed E-state index contributed by atoms with van der Waals surface area (Å²) in [7, 11) is 0. The third-order valence-electron chi connectivity index (χ3n) is 3.31. The molecule has 0 saturated carbocycles. The minimum absolute atomic E-state index is 0.473. The van der Waals surface area contributed by atoms with E-state index in [9.17, 15) is 0 Å². The van der Waals surface area contributed by atoms with Crippen molar-refractivity contribution in [1.29, 1.82) is 0 Å². The molecule has 0 radical (unpaired) electrons. The third kappa shape index (κ3) is 3.65. The average molecular weight is 268 g/mol. The van der Waals surface area contributed by atoms with Crippen molar-refractivity contribution in [2.24, 2.45) is 0 Å². The summed E-state index contributed by atoms with van der Waals surface area (Å²) in [4.78, 5) is 2.55. The summed E-state index contributed by atoms with van der Waals surface area (Å²) in [5.41, 5.74) is 0. The highest BCUT2D eigenvalue weighted by Crippen LogP contribution is 2.24. The lowest BCUT2D eigenvalue weighted by atomic mass is 10.1. The molecule has 1 aromatic heterocycles. The molecule has 0 aliphatic carbocycles. The fraction of sp³-hybridized carbons (Fsp3) is 0.846. The van der Waals surface area contributed by atoms with E-state index in [0.717, 1.165) is 16.7 Å². The first-order chi connectivity index (χ1) is 8.69. The van der Waals surface area contributed by atoms with Crippen molar-refractivity contribution in [2.75, 3.05) is 25.0 Å². The molecule has 0 amide bonds. The zero-order valence-electron chi connectivity index (χ0n) is 11.6. The molecule has 2 rings (SSSR count). The van der Waals surface area contributed by atoms with Crippen molar-refractivity contribution in [3.63, 3.8) is 0 Å². The predicted octanol–water partition coefficient (Wildman–Crippen LogP) is 2.95. The SMILES string of the molecule is CCCN1CCC[C@@H](Nc2nnc(C(C)C)s2)C1. The molecular formula is C13H24N4S. The van der Waals surface area contributed by atoms with Gasteiger partial charge in [0.25, 0.3) is 0 Å². The number of piperidine rings is 1. The monoisotopic (exact) mass is 268 g/mol. The Kier molecular flexibility index (Phi) is 4.95. The van der Waals surface area contributed by atoms with E-state index < -0.39 is 0 Å². The topological polar surface area (TPSA) is 41.0 Å². The zero-order valence-corrected chi connectivity index (χ0v) is 12.5. The van der Waals surface area contributed by atoms with E-state index in [0.29, 0.717) is 12.0 Å². The molecule has 102 valence electrons. The van der Waals surface area contributed by atoms with Crippen LogP contribution >= 0.6 is 11.3 Å². The Balaban J connectivity index is 1.87. The third-order valence-corrected chi connectivity index (χ3v) is 4.46. The van der Waals surface area contributed by atoms with Crippen LogP contribution in [0.2, 0.25) is 0 Å². The van der Waals surface area contributed by atoms with Gasteiger partial charge in [-0.15, -0.1) is 10.2 Å². The quantitative estimate of drug-likeness (QED) is 0.891. The van der Waals surface area contributed by atoms with Gasteiger partial charge in [-0.05, 0) is 32.4 Å². The molecule has 1 fully saturated rings. The van der Waals surface area contributed by atoms with Gasteiger partial charge in [0, 0.05) is 18.5 Å². The largest absolute Gasteiger partial charge is 0.356 e. The number of rotatable bonds is 5. The maximum absolute atomic E-state index is 4.24. The van der Waals surface area contributed by atoms with E-state index in [2.05, 4.69) is 41.2 Å². The number of hydrogen-bond donors (Lipinski definition) is 1. The van der Waals surface area contributed by atoms with Crippen LogP contribution in [0.3, 0.4) is 0 Å². The summed E-state index contributed by atoms with van der Waals surface area (Å²) in [5.74, 6) is 0.473. The van der Waals surface area contributed by atoms with Gasteiger partial charge in [0.2, 0.25) is 5.13 Å². The second kappa shape index (κ2) is 6.48. The van der Waals surface area contributed by atoms with Crippen molar-refractivity contribution >= 4 is 16.5 Å². The van der Waals surface area contributed by atoms with E-state index in [1.807, 2.05) is 0 Å². The number of likely N-dealkylation sites (tertiary alicyclic amines) is 1. The van der Waals surface area contributed by atoms with Crippen molar-refractivity contribution < 1.29 is 0 Å². The van der Waals surface area contributed by atoms with Crippen LogP contribution in [0, 0.1) is 0 Å². The molecule has 1 N–H and O–H groups in total. The van der Waals surface area contributed by atoms with E-state index in [-0.39, 0.29) is 0 Å². The van der Waals surface area contributed by atoms with Gasteiger partial charge in [-0.1, -0.05) is 32.1 Å². The van der Waals surface area contributed by atoms with E-state index in [4.69, 9.17) is 0 Å². The Hall–Kier alpha value is -0.680. The minimum atomic E-state index is 0.473. The summed E-state index contributed by atoms with van der Waals surface area (Å²) >= 11 is 1.70. The fourth-order valence-corrected chi connectivity index (χ4v) is 3.22. The molecule has 0 unspecified atom stereocenters. The Labute approximate surface area is 114 Å². The number of nitrogens with zero attached hydrogens (tertiary/aromatic N) is 3. The van der Waals surface area contributed by atoms with Crippen LogP contribution in [-0.4, -0.2) is 40.8 Å². The first-order valence-electron chi connectivity index (χ1n) is 7.01. The Bertz CT molecular complexity index is 362. The van der Waals surface area contributed by atoms with Crippen molar-refractivity contribution in [1.82, 2.24) is 15.1 Å². The number of hydrogen-bond acceptors (Lipinski definition) is 5. The number of anilines is 1. The highest BCUT2D eigenvalue weighted by Gasteiger charge is 2.20. The highest BCUT2D eigenvalue weighted by molar-refractivity contribution is 7.15. The molecule has 4 nitrogen and oxygen atoms in total. The summed E-state index contributed by atoms with van der Waals surface area (Å²) in [6.45, 7) is 10.2. The maximum Gasteiger partial charge on any atom is 0.205 e. The molecule has 0 aromatic carbocycles. The van der Waals surface area contributed by atoms with Crippen LogP contribution in [0.4, 0.5) is 5.13 Å². The van der Waals surface area contributed by atoms with Gasteiger partial charge in [-0.3, -0.25) is 0 Å². The maximum atomic E-state index is 4.24. The van der Waals surface area contributed by atoms with Crippen molar-refractivity contribution in [3.05, 3.63) is 5.01 Å². The molecule has 0 spiro atoms. The van der Waals surface area contributed by atoms with E-state index in [1.54, 1.807) is 11.3 Å². The van der Waals surface area contributed by atoms with Gasteiger partial charge in [0.05, 0.1) is 0 Å². The summed E-state index contributed by atoms with van der Waals surface area (Å²) in [6.07, 6.45) is 3.77. The molecule has 18 heavy (non-hydrogen) atoms.